The molecular formula is C19H19ClN4O3S2. The van der Waals surface area contributed by atoms with E-state index in [2.05, 4.69) is 15.0 Å². The fourth-order valence-electron chi connectivity index (χ4n) is 3.40. The Labute approximate surface area is 177 Å². The Morgan fingerprint density at radius 3 is 2.66 bits per heavy atom. The minimum atomic E-state index is -3.55. The highest BCUT2D eigenvalue weighted by molar-refractivity contribution is 7.91. The average molecular weight is 451 g/mol. The minimum Gasteiger partial charge on any atom is -0.369 e. The highest BCUT2D eigenvalue weighted by atomic mass is 35.5. The molecule has 2 aliphatic rings. The lowest BCUT2D eigenvalue weighted by molar-refractivity contribution is 0.380. The van der Waals surface area contributed by atoms with Crippen molar-refractivity contribution in [1.82, 2.24) is 14.4 Å². The predicted octanol–water partition coefficient (Wildman–Crippen LogP) is 3.84. The summed E-state index contributed by atoms with van der Waals surface area (Å²) in [5.41, 5.74) is 1.69. The van der Waals surface area contributed by atoms with Gasteiger partial charge in [-0.05, 0) is 37.1 Å². The van der Waals surface area contributed by atoms with Crippen molar-refractivity contribution in [2.24, 2.45) is 0 Å². The summed E-state index contributed by atoms with van der Waals surface area (Å²) < 4.78 is 33.3. The second-order valence-electron chi connectivity index (χ2n) is 7.26. The van der Waals surface area contributed by atoms with E-state index in [-0.39, 0.29) is 0 Å². The first-order valence-electron chi connectivity index (χ1n) is 9.44. The molecule has 7 nitrogen and oxygen atoms in total. The van der Waals surface area contributed by atoms with E-state index in [4.69, 9.17) is 16.1 Å². The molecule has 1 aliphatic heterocycles. The minimum absolute atomic E-state index is 0.307. The van der Waals surface area contributed by atoms with E-state index in [1.54, 1.807) is 11.4 Å². The smallest absolute Gasteiger partial charge is 0.252 e. The van der Waals surface area contributed by atoms with Crippen molar-refractivity contribution in [2.45, 2.75) is 23.0 Å². The van der Waals surface area contributed by atoms with Gasteiger partial charge in [0.05, 0.1) is 0 Å². The first-order valence-corrected chi connectivity index (χ1v) is 12.1. The van der Waals surface area contributed by atoms with Crippen LogP contribution in [0.4, 0.5) is 5.69 Å². The number of anilines is 1. The summed E-state index contributed by atoms with van der Waals surface area (Å²) in [6.07, 6.45) is 2.15. The average Bonchev–Trinajstić information content (AvgIpc) is 3.25. The molecule has 3 aromatic rings. The van der Waals surface area contributed by atoms with Gasteiger partial charge < -0.3 is 9.42 Å². The van der Waals surface area contributed by atoms with Gasteiger partial charge in [0.2, 0.25) is 11.7 Å². The van der Waals surface area contributed by atoms with Crippen molar-refractivity contribution in [3.05, 3.63) is 46.6 Å². The van der Waals surface area contributed by atoms with Gasteiger partial charge in [0, 0.05) is 53.8 Å². The van der Waals surface area contributed by atoms with Crippen LogP contribution in [0.25, 0.3) is 11.4 Å². The fraction of sp³-hybridized carbons (Fsp3) is 0.368. The highest BCUT2D eigenvalue weighted by Gasteiger charge is 2.32. The number of nitrogens with zero attached hydrogens (tertiary/aromatic N) is 4. The summed E-state index contributed by atoms with van der Waals surface area (Å²) in [6.45, 7) is 2.09. The van der Waals surface area contributed by atoms with Crippen LogP contribution in [-0.4, -0.2) is 49.0 Å². The molecule has 0 unspecified atom stereocenters. The zero-order chi connectivity index (χ0) is 20.0. The standard InChI is InChI=1S/C19H19ClN4O3S2/c20-15-2-1-3-16(11-15)23-6-8-24(9-7-23)29(25,26)17-10-14(12-28-17)18-21-19(27-22-18)13-4-5-13/h1-3,10-13H,4-9H2. The van der Waals surface area contributed by atoms with E-state index < -0.39 is 10.0 Å². The second kappa shape index (κ2) is 7.39. The molecule has 1 saturated carbocycles. The Balaban J connectivity index is 1.29. The molecule has 5 rings (SSSR count). The van der Waals surface area contributed by atoms with E-state index in [1.165, 1.54) is 15.6 Å². The van der Waals surface area contributed by atoms with Gasteiger partial charge in [-0.15, -0.1) is 11.3 Å². The zero-order valence-corrected chi connectivity index (χ0v) is 17.9. The SMILES string of the molecule is O=S(=O)(c1cc(-c2noc(C3CC3)n2)cs1)N1CCN(c2cccc(Cl)c2)CC1. The molecule has 1 aromatic carbocycles. The maximum Gasteiger partial charge on any atom is 0.252 e. The number of piperazine rings is 1. The van der Waals surface area contributed by atoms with Gasteiger partial charge in [0.15, 0.2) is 0 Å². The Morgan fingerprint density at radius 1 is 1.14 bits per heavy atom. The van der Waals surface area contributed by atoms with E-state index >= 15 is 0 Å². The van der Waals surface area contributed by atoms with Gasteiger partial charge in [-0.25, -0.2) is 8.42 Å². The summed E-state index contributed by atoms with van der Waals surface area (Å²) >= 11 is 7.27. The molecule has 0 radical (unpaired) electrons. The molecule has 10 heteroatoms. The van der Waals surface area contributed by atoms with E-state index in [1.807, 2.05) is 24.3 Å². The first kappa shape index (κ1) is 19.0. The van der Waals surface area contributed by atoms with Crippen LogP contribution in [0, 0.1) is 0 Å². The largest absolute Gasteiger partial charge is 0.369 e. The molecule has 0 amide bonds. The van der Waals surface area contributed by atoms with Gasteiger partial charge in [0.25, 0.3) is 10.0 Å². The van der Waals surface area contributed by atoms with Gasteiger partial charge in [-0.1, -0.05) is 22.8 Å². The summed E-state index contributed by atoms with van der Waals surface area (Å²) in [7, 11) is -3.55. The Kier molecular flexibility index (Phi) is 4.85. The van der Waals surface area contributed by atoms with Crippen LogP contribution in [0.15, 0.2) is 44.4 Å². The van der Waals surface area contributed by atoms with Crippen molar-refractivity contribution in [2.75, 3.05) is 31.1 Å². The summed E-state index contributed by atoms with van der Waals surface area (Å²) in [6, 6.07) is 9.27. The fourth-order valence-corrected chi connectivity index (χ4v) is 6.32. The normalized spacial score (nSPS) is 18.3. The van der Waals surface area contributed by atoms with Gasteiger partial charge in [-0.3, -0.25) is 0 Å². The predicted molar refractivity (Wildman–Crippen MR) is 112 cm³/mol. The van der Waals surface area contributed by atoms with E-state index in [0.29, 0.717) is 58.6 Å². The number of thiophene rings is 1. The van der Waals surface area contributed by atoms with Gasteiger partial charge in [0.1, 0.15) is 4.21 Å². The van der Waals surface area contributed by atoms with Crippen LogP contribution < -0.4 is 4.90 Å². The zero-order valence-electron chi connectivity index (χ0n) is 15.5. The van der Waals surface area contributed by atoms with Crippen LogP contribution in [0.3, 0.4) is 0 Å². The Hall–Kier alpha value is -1.94. The van der Waals surface area contributed by atoms with Gasteiger partial charge in [-0.2, -0.15) is 9.29 Å². The number of halogens is 1. The van der Waals surface area contributed by atoms with Gasteiger partial charge >= 0.3 is 0 Å². The topological polar surface area (TPSA) is 79.5 Å². The van der Waals surface area contributed by atoms with E-state index in [9.17, 15) is 8.42 Å². The van der Waals surface area contributed by atoms with Crippen molar-refractivity contribution in [3.63, 3.8) is 0 Å². The molecule has 0 atom stereocenters. The number of hydrogen-bond donors (Lipinski definition) is 0. The van der Waals surface area contributed by atoms with Crippen LogP contribution in [0.1, 0.15) is 24.7 Å². The first-order chi connectivity index (χ1) is 14.0. The molecule has 152 valence electrons. The molecule has 3 heterocycles. The van der Waals surface area contributed by atoms with Crippen LogP contribution in [0.2, 0.25) is 5.02 Å². The molecule has 1 saturated heterocycles. The lowest BCUT2D eigenvalue weighted by Crippen LogP contribution is -2.48. The highest BCUT2D eigenvalue weighted by Crippen LogP contribution is 2.40. The number of benzene rings is 1. The van der Waals surface area contributed by atoms with Crippen molar-refractivity contribution in [1.29, 1.82) is 0 Å². The number of aromatic nitrogens is 2. The van der Waals surface area contributed by atoms with Crippen LogP contribution >= 0.6 is 22.9 Å². The Morgan fingerprint density at radius 2 is 1.93 bits per heavy atom. The maximum absolute atomic E-state index is 13.1. The summed E-state index contributed by atoms with van der Waals surface area (Å²) in [5.74, 6) is 1.47. The molecule has 29 heavy (non-hydrogen) atoms. The number of sulfonamides is 1. The quantitative estimate of drug-likeness (QED) is 0.587. The summed E-state index contributed by atoms with van der Waals surface area (Å²) in [4.78, 5) is 6.55. The Bertz CT molecular complexity index is 1130. The summed E-state index contributed by atoms with van der Waals surface area (Å²) in [5, 5.41) is 6.45. The molecule has 0 spiro atoms. The maximum atomic E-state index is 13.1. The lowest BCUT2D eigenvalue weighted by atomic mass is 10.2. The van der Waals surface area contributed by atoms with Crippen molar-refractivity contribution < 1.29 is 12.9 Å². The molecule has 0 N–H and O–H groups in total. The third-order valence-electron chi connectivity index (χ3n) is 5.21. The molecule has 1 aliphatic carbocycles. The number of rotatable bonds is 5. The molecule has 2 fully saturated rings. The van der Waals surface area contributed by atoms with Crippen LogP contribution in [0.5, 0.6) is 0 Å². The number of hydrogen-bond acceptors (Lipinski definition) is 7. The van der Waals surface area contributed by atoms with Crippen LogP contribution in [-0.2, 0) is 10.0 Å². The second-order valence-corrected chi connectivity index (χ2v) is 10.8. The van der Waals surface area contributed by atoms with Crippen molar-refractivity contribution in [3.8, 4) is 11.4 Å². The molecule has 0 bridgehead atoms. The third kappa shape index (κ3) is 3.79. The monoisotopic (exact) mass is 450 g/mol. The van der Waals surface area contributed by atoms with Crippen molar-refractivity contribution >= 4 is 38.6 Å². The molecular weight excluding hydrogens is 432 g/mol. The molecule has 2 aromatic heterocycles. The third-order valence-corrected chi connectivity index (χ3v) is 8.76. The lowest BCUT2D eigenvalue weighted by Gasteiger charge is -2.35. The van der Waals surface area contributed by atoms with E-state index in [0.717, 1.165) is 18.5 Å².